The summed E-state index contributed by atoms with van der Waals surface area (Å²) in [6, 6.07) is 10.8. The fraction of sp³-hybridized carbons (Fsp3) is 0.333. The zero-order valence-electron chi connectivity index (χ0n) is 14.2. The number of hydrogen-bond acceptors (Lipinski definition) is 6. The Morgan fingerprint density at radius 3 is 2.38 bits per heavy atom. The zero-order valence-corrected chi connectivity index (χ0v) is 14.2. The number of ether oxygens (including phenoxy) is 1. The quantitative estimate of drug-likeness (QED) is 0.565. The molecule has 2 heterocycles. The molecule has 3 rings (SSSR count). The molecule has 136 valence electrons. The van der Waals surface area contributed by atoms with Crippen molar-refractivity contribution in [3.8, 4) is 17.1 Å². The van der Waals surface area contributed by atoms with Crippen LogP contribution in [0, 0.1) is 0 Å². The Labute approximate surface area is 149 Å². The summed E-state index contributed by atoms with van der Waals surface area (Å²) in [7, 11) is 0. The predicted molar refractivity (Wildman–Crippen MR) is 89.9 cm³/mol. The van der Waals surface area contributed by atoms with E-state index < -0.39 is 12.3 Å². The molecule has 0 aliphatic carbocycles. The lowest BCUT2D eigenvalue weighted by atomic mass is 10.2. The van der Waals surface area contributed by atoms with Crippen LogP contribution >= 0.6 is 0 Å². The largest absolute Gasteiger partial charge is 0.494 e. The number of hydrogen-bond donors (Lipinski definition) is 0. The van der Waals surface area contributed by atoms with Crippen LogP contribution in [0.4, 0.5) is 8.78 Å². The molecule has 1 aromatic carbocycles. The first-order valence-electron chi connectivity index (χ1n) is 8.32. The maximum Gasteiger partial charge on any atom is 0.315 e. The highest BCUT2D eigenvalue weighted by Crippen LogP contribution is 2.23. The minimum Gasteiger partial charge on any atom is -0.494 e. The Hall–Kier alpha value is -2.90. The van der Waals surface area contributed by atoms with Gasteiger partial charge in [0.2, 0.25) is 5.82 Å². The van der Waals surface area contributed by atoms with Gasteiger partial charge < -0.3 is 9.26 Å². The van der Waals surface area contributed by atoms with Gasteiger partial charge in [0.15, 0.2) is 0 Å². The summed E-state index contributed by atoms with van der Waals surface area (Å²) in [5.74, 6) is 0.120. The first-order valence-corrected chi connectivity index (χ1v) is 8.32. The standard InChI is InChI=1S/C18H18F2N4O2/c1-2-13-7-8-14(23-22-13)4-3-11-25-15-9-5-12(6-10-15)17-21-18(16(19)20)26-24-17/h5-10,16H,2-4,11H2,1H3. The molecule has 0 aliphatic rings. The van der Waals surface area contributed by atoms with Crippen molar-refractivity contribution in [3.05, 3.63) is 53.7 Å². The van der Waals surface area contributed by atoms with Crippen LogP contribution in [-0.4, -0.2) is 26.9 Å². The van der Waals surface area contributed by atoms with Crippen molar-refractivity contribution in [1.82, 2.24) is 20.3 Å². The molecule has 0 atom stereocenters. The van der Waals surface area contributed by atoms with Crippen LogP contribution < -0.4 is 4.74 Å². The Morgan fingerprint density at radius 2 is 1.77 bits per heavy atom. The molecule has 0 saturated heterocycles. The molecule has 0 N–H and O–H groups in total. The molecule has 0 spiro atoms. The van der Waals surface area contributed by atoms with E-state index >= 15 is 0 Å². The molecule has 0 bridgehead atoms. The maximum absolute atomic E-state index is 12.5. The number of nitrogens with zero attached hydrogens (tertiary/aromatic N) is 4. The maximum atomic E-state index is 12.5. The highest BCUT2D eigenvalue weighted by molar-refractivity contribution is 5.55. The number of aryl methyl sites for hydroxylation is 2. The van der Waals surface area contributed by atoms with Crippen LogP contribution in [0.1, 0.15) is 37.0 Å². The zero-order chi connectivity index (χ0) is 18.4. The fourth-order valence-corrected chi connectivity index (χ4v) is 2.29. The van der Waals surface area contributed by atoms with Gasteiger partial charge in [-0.2, -0.15) is 24.0 Å². The minimum absolute atomic E-state index is 0.126. The monoisotopic (exact) mass is 360 g/mol. The van der Waals surface area contributed by atoms with E-state index in [0.717, 1.165) is 30.7 Å². The summed E-state index contributed by atoms with van der Waals surface area (Å²) in [4.78, 5) is 3.65. The summed E-state index contributed by atoms with van der Waals surface area (Å²) in [5, 5.41) is 11.8. The number of benzene rings is 1. The molecular formula is C18H18F2N4O2. The van der Waals surface area contributed by atoms with Crippen LogP contribution in [0.2, 0.25) is 0 Å². The molecule has 0 aliphatic heterocycles. The van der Waals surface area contributed by atoms with Crippen molar-refractivity contribution in [3.63, 3.8) is 0 Å². The summed E-state index contributed by atoms with van der Waals surface area (Å²) < 4.78 is 35.1. The second-order valence-corrected chi connectivity index (χ2v) is 5.60. The van der Waals surface area contributed by atoms with Gasteiger partial charge in [0, 0.05) is 5.56 Å². The molecule has 0 unspecified atom stereocenters. The number of halogens is 2. The van der Waals surface area contributed by atoms with Crippen molar-refractivity contribution in [1.29, 1.82) is 0 Å². The molecule has 2 aromatic heterocycles. The average molecular weight is 360 g/mol. The molecule has 0 radical (unpaired) electrons. The second-order valence-electron chi connectivity index (χ2n) is 5.60. The third kappa shape index (κ3) is 4.59. The molecular weight excluding hydrogens is 342 g/mol. The van der Waals surface area contributed by atoms with E-state index in [0.29, 0.717) is 17.9 Å². The fourth-order valence-electron chi connectivity index (χ4n) is 2.29. The summed E-state index contributed by atoms with van der Waals surface area (Å²) in [5.41, 5.74) is 2.50. The van der Waals surface area contributed by atoms with E-state index in [2.05, 4.69) is 24.9 Å². The van der Waals surface area contributed by atoms with Gasteiger partial charge in [-0.05, 0) is 55.7 Å². The topological polar surface area (TPSA) is 73.9 Å². The van der Waals surface area contributed by atoms with E-state index in [1.54, 1.807) is 24.3 Å². The van der Waals surface area contributed by atoms with Crippen molar-refractivity contribution >= 4 is 0 Å². The number of aromatic nitrogens is 4. The van der Waals surface area contributed by atoms with Gasteiger partial charge in [0.1, 0.15) is 5.75 Å². The lowest BCUT2D eigenvalue weighted by molar-refractivity contribution is 0.106. The molecule has 0 saturated carbocycles. The van der Waals surface area contributed by atoms with Gasteiger partial charge >= 0.3 is 6.43 Å². The van der Waals surface area contributed by atoms with E-state index in [-0.39, 0.29) is 5.82 Å². The molecule has 6 nitrogen and oxygen atoms in total. The summed E-state index contributed by atoms with van der Waals surface area (Å²) in [6.45, 7) is 2.58. The summed E-state index contributed by atoms with van der Waals surface area (Å²) >= 11 is 0. The normalized spacial score (nSPS) is 11.1. The Balaban J connectivity index is 1.47. The van der Waals surface area contributed by atoms with E-state index in [9.17, 15) is 8.78 Å². The van der Waals surface area contributed by atoms with E-state index in [1.807, 2.05) is 19.1 Å². The van der Waals surface area contributed by atoms with Crippen molar-refractivity contribution < 1.29 is 18.0 Å². The van der Waals surface area contributed by atoms with Crippen LogP contribution in [0.25, 0.3) is 11.4 Å². The van der Waals surface area contributed by atoms with E-state index in [4.69, 9.17) is 4.74 Å². The van der Waals surface area contributed by atoms with Gasteiger partial charge in [-0.25, -0.2) is 0 Å². The third-order valence-corrected chi connectivity index (χ3v) is 3.72. The molecule has 0 fully saturated rings. The van der Waals surface area contributed by atoms with Gasteiger partial charge in [-0.1, -0.05) is 12.1 Å². The van der Waals surface area contributed by atoms with Gasteiger partial charge in [0.05, 0.1) is 18.0 Å². The number of alkyl halides is 2. The second kappa shape index (κ2) is 8.46. The van der Waals surface area contributed by atoms with Crippen molar-refractivity contribution in [2.45, 2.75) is 32.6 Å². The average Bonchev–Trinajstić information content (AvgIpc) is 3.17. The highest BCUT2D eigenvalue weighted by atomic mass is 19.3. The van der Waals surface area contributed by atoms with Gasteiger partial charge in [-0.3, -0.25) is 0 Å². The SMILES string of the molecule is CCc1ccc(CCCOc2ccc(-c3noc(C(F)F)n3)cc2)nn1. The lowest BCUT2D eigenvalue weighted by Gasteiger charge is -2.06. The van der Waals surface area contributed by atoms with Gasteiger partial charge in [0.25, 0.3) is 5.89 Å². The summed E-state index contributed by atoms with van der Waals surface area (Å²) in [6.07, 6.45) is -0.305. The first-order chi connectivity index (χ1) is 12.7. The van der Waals surface area contributed by atoms with E-state index in [1.165, 1.54) is 0 Å². The molecule has 26 heavy (non-hydrogen) atoms. The molecule has 0 amide bonds. The van der Waals surface area contributed by atoms with Crippen molar-refractivity contribution in [2.24, 2.45) is 0 Å². The first kappa shape index (κ1) is 17.9. The van der Waals surface area contributed by atoms with Crippen LogP contribution in [0.3, 0.4) is 0 Å². The number of rotatable bonds is 8. The molecule has 3 aromatic rings. The Morgan fingerprint density at radius 1 is 1.04 bits per heavy atom. The molecule has 8 heteroatoms. The minimum atomic E-state index is -2.78. The van der Waals surface area contributed by atoms with Crippen LogP contribution in [0.5, 0.6) is 5.75 Å². The van der Waals surface area contributed by atoms with Gasteiger partial charge in [-0.15, -0.1) is 0 Å². The van der Waals surface area contributed by atoms with Crippen molar-refractivity contribution in [2.75, 3.05) is 6.61 Å². The predicted octanol–water partition coefficient (Wildman–Crippen LogP) is 4.04. The Bertz CT molecular complexity index is 820. The lowest BCUT2D eigenvalue weighted by Crippen LogP contribution is -2.02. The Kier molecular flexibility index (Phi) is 5.83. The smallest absolute Gasteiger partial charge is 0.315 e. The van der Waals surface area contributed by atoms with Crippen LogP contribution in [-0.2, 0) is 12.8 Å². The van der Waals surface area contributed by atoms with Crippen LogP contribution in [0.15, 0.2) is 40.9 Å². The highest BCUT2D eigenvalue weighted by Gasteiger charge is 2.17. The third-order valence-electron chi connectivity index (χ3n) is 3.72.